The van der Waals surface area contributed by atoms with Gasteiger partial charge in [0.2, 0.25) is 5.91 Å². The second kappa shape index (κ2) is 10.5. The Balaban J connectivity index is 1.31. The second-order valence-electron chi connectivity index (χ2n) is 9.76. The molecular weight excluding hydrogens is 512 g/mol. The van der Waals surface area contributed by atoms with Crippen molar-refractivity contribution in [1.29, 1.82) is 0 Å². The number of nitrogens with zero attached hydrogens (tertiary/aromatic N) is 3. The van der Waals surface area contributed by atoms with Crippen molar-refractivity contribution in [3.63, 3.8) is 0 Å². The molecule has 1 fully saturated rings. The first-order chi connectivity index (χ1) is 19.0. The van der Waals surface area contributed by atoms with Crippen molar-refractivity contribution in [2.24, 2.45) is 0 Å². The molecule has 2 aliphatic rings. The molecule has 6 rings (SSSR count). The molecule has 0 radical (unpaired) electrons. The van der Waals surface area contributed by atoms with Gasteiger partial charge < -0.3 is 19.5 Å². The minimum Gasteiger partial charge on any atom is -0.494 e. The van der Waals surface area contributed by atoms with Crippen LogP contribution in [0.3, 0.4) is 0 Å². The van der Waals surface area contributed by atoms with Gasteiger partial charge in [-0.25, -0.2) is 4.79 Å². The van der Waals surface area contributed by atoms with E-state index in [0.717, 1.165) is 41.2 Å². The normalized spacial score (nSPS) is 15.7. The third-order valence-electron chi connectivity index (χ3n) is 7.12. The van der Waals surface area contributed by atoms with Gasteiger partial charge in [-0.1, -0.05) is 35.9 Å². The van der Waals surface area contributed by atoms with E-state index in [9.17, 15) is 9.59 Å². The number of fused-ring (bicyclic) bond motifs is 3. The van der Waals surface area contributed by atoms with Crippen LogP contribution in [0.15, 0.2) is 91.1 Å². The van der Waals surface area contributed by atoms with Gasteiger partial charge in [0.05, 0.1) is 23.7 Å². The zero-order valence-corrected chi connectivity index (χ0v) is 22.3. The molecule has 3 aromatic carbocycles. The number of aromatic nitrogens is 1. The summed E-state index contributed by atoms with van der Waals surface area (Å²) < 4.78 is 7.61. The van der Waals surface area contributed by atoms with Crippen molar-refractivity contribution >= 4 is 34.9 Å². The van der Waals surface area contributed by atoms with E-state index < -0.39 is 6.04 Å². The molecule has 1 N–H and O–H groups in total. The average molecular weight is 541 g/mol. The SMILES string of the molecule is CCOc1ccc(NC(=O)N(CC(=O)N2c3ccccc3-n3cccc3C2c2cccc(Cl)c2)C2CC2)cc1. The predicted molar refractivity (Wildman–Crippen MR) is 153 cm³/mol. The molecule has 0 spiro atoms. The Labute approximate surface area is 232 Å². The van der Waals surface area contributed by atoms with E-state index in [2.05, 4.69) is 9.88 Å². The van der Waals surface area contributed by atoms with Crippen LogP contribution in [0.25, 0.3) is 5.69 Å². The highest BCUT2D eigenvalue weighted by Crippen LogP contribution is 2.43. The molecule has 1 atom stereocenters. The van der Waals surface area contributed by atoms with Gasteiger partial charge in [0.25, 0.3) is 0 Å². The lowest BCUT2D eigenvalue weighted by molar-refractivity contribution is -0.119. The van der Waals surface area contributed by atoms with E-state index >= 15 is 0 Å². The summed E-state index contributed by atoms with van der Waals surface area (Å²) >= 11 is 6.39. The summed E-state index contributed by atoms with van der Waals surface area (Å²) in [5.74, 6) is 0.582. The quantitative estimate of drug-likeness (QED) is 0.285. The number of ether oxygens (including phenoxy) is 1. The van der Waals surface area contributed by atoms with Crippen LogP contribution >= 0.6 is 11.6 Å². The van der Waals surface area contributed by atoms with Crippen LogP contribution in [-0.4, -0.2) is 40.6 Å². The Kier molecular flexibility index (Phi) is 6.75. The third kappa shape index (κ3) is 4.98. The van der Waals surface area contributed by atoms with Gasteiger partial charge in [-0.15, -0.1) is 0 Å². The second-order valence-corrected chi connectivity index (χ2v) is 10.2. The fourth-order valence-electron chi connectivity index (χ4n) is 5.23. The average Bonchev–Trinajstić information content (AvgIpc) is 3.67. The Bertz CT molecular complexity index is 1510. The summed E-state index contributed by atoms with van der Waals surface area (Å²) in [4.78, 5) is 31.1. The maximum absolute atomic E-state index is 14.2. The number of halogens is 1. The first-order valence-corrected chi connectivity index (χ1v) is 13.6. The summed E-state index contributed by atoms with van der Waals surface area (Å²) in [6.07, 6.45) is 3.76. The standard InChI is InChI=1S/C31H29ClN4O3/c1-2-39-25-16-12-23(13-17-25)33-31(38)35(24-14-15-24)20-29(37)36-27-10-4-3-9-26(27)34-18-6-11-28(34)30(36)21-7-5-8-22(32)19-21/h3-13,16-19,24,30H,2,14-15,20H2,1H3,(H,33,38). The highest BCUT2D eigenvalue weighted by Gasteiger charge is 2.40. The van der Waals surface area contributed by atoms with Crippen LogP contribution in [0.2, 0.25) is 5.02 Å². The Morgan fingerprint density at radius 3 is 2.46 bits per heavy atom. The van der Waals surface area contributed by atoms with Crippen molar-refractivity contribution in [3.8, 4) is 11.4 Å². The maximum Gasteiger partial charge on any atom is 0.322 e. The van der Waals surface area contributed by atoms with Crippen LogP contribution in [0.5, 0.6) is 5.75 Å². The van der Waals surface area contributed by atoms with Crippen molar-refractivity contribution in [1.82, 2.24) is 9.47 Å². The first-order valence-electron chi connectivity index (χ1n) is 13.2. The van der Waals surface area contributed by atoms with Gasteiger partial charge in [0.15, 0.2) is 0 Å². The first kappa shape index (κ1) is 25.1. The minimum absolute atomic E-state index is 0.0326. The summed E-state index contributed by atoms with van der Waals surface area (Å²) in [6.45, 7) is 2.46. The fraction of sp³-hybridized carbons (Fsp3) is 0.226. The van der Waals surface area contributed by atoms with Crippen molar-refractivity contribution in [2.45, 2.75) is 31.8 Å². The van der Waals surface area contributed by atoms with Crippen LogP contribution in [-0.2, 0) is 4.79 Å². The summed E-state index contributed by atoms with van der Waals surface area (Å²) in [7, 11) is 0. The number of hydrogen-bond acceptors (Lipinski definition) is 3. The molecule has 1 aliphatic carbocycles. The summed E-state index contributed by atoms with van der Waals surface area (Å²) in [5.41, 5.74) is 4.22. The number of carbonyl (C=O) groups is 2. The molecule has 2 heterocycles. The molecule has 1 aliphatic heterocycles. The molecule has 1 unspecified atom stereocenters. The molecule has 0 saturated heterocycles. The van der Waals surface area contributed by atoms with Gasteiger partial charge >= 0.3 is 6.03 Å². The lowest BCUT2D eigenvalue weighted by Crippen LogP contribution is -2.48. The highest BCUT2D eigenvalue weighted by molar-refractivity contribution is 6.30. The number of rotatable bonds is 7. The number of hydrogen-bond donors (Lipinski definition) is 1. The van der Waals surface area contributed by atoms with Gasteiger partial charge in [0.1, 0.15) is 18.3 Å². The lowest BCUT2D eigenvalue weighted by atomic mass is 9.97. The van der Waals surface area contributed by atoms with Crippen LogP contribution in [0.4, 0.5) is 16.2 Å². The topological polar surface area (TPSA) is 66.8 Å². The molecular formula is C31H29ClN4O3. The number of nitrogens with one attached hydrogen (secondary N) is 1. The number of anilines is 2. The van der Waals surface area contributed by atoms with E-state index in [1.165, 1.54) is 0 Å². The van der Waals surface area contributed by atoms with Crippen LogP contribution < -0.4 is 15.0 Å². The number of benzene rings is 3. The molecule has 1 saturated carbocycles. The number of carbonyl (C=O) groups excluding carboxylic acids is 2. The van der Waals surface area contributed by atoms with Crippen molar-refractivity contribution in [3.05, 3.63) is 107 Å². The number of amides is 3. The van der Waals surface area contributed by atoms with Crippen molar-refractivity contribution < 1.29 is 14.3 Å². The predicted octanol–water partition coefficient (Wildman–Crippen LogP) is 6.66. The fourth-order valence-corrected chi connectivity index (χ4v) is 5.42. The minimum atomic E-state index is -0.392. The van der Waals surface area contributed by atoms with Crippen LogP contribution in [0, 0.1) is 0 Å². The van der Waals surface area contributed by atoms with E-state index in [-0.39, 0.29) is 24.5 Å². The van der Waals surface area contributed by atoms with Gasteiger partial charge in [-0.2, -0.15) is 0 Å². The molecule has 8 heteroatoms. The largest absolute Gasteiger partial charge is 0.494 e. The molecule has 4 aromatic rings. The molecule has 39 heavy (non-hydrogen) atoms. The van der Waals surface area contributed by atoms with Gasteiger partial charge in [0, 0.05) is 22.9 Å². The third-order valence-corrected chi connectivity index (χ3v) is 7.36. The highest BCUT2D eigenvalue weighted by atomic mass is 35.5. The molecule has 7 nitrogen and oxygen atoms in total. The summed E-state index contributed by atoms with van der Waals surface area (Å²) in [5, 5.41) is 3.56. The van der Waals surface area contributed by atoms with Crippen molar-refractivity contribution in [2.75, 3.05) is 23.4 Å². The summed E-state index contributed by atoms with van der Waals surface area (Å²) in [6, 6.07) is 26.1. The zero-order chi connectivity index (χ0) is 26.9. The Hall–Kier alpha value is -4.23. The van der Waals surface area contributed by atoms with Crippen LogP contribution in [0.1, 0.15) is 37.1 Å². The molecule has 0 bridgehead atoms. The number of urea groups is 1. The zero-order valence-electron chi connectivity index (χ0n) is 21.6. The molecule has 1 aromatic heterocycles. The van der Waals surface area contributed by atoms with E-state index in [0.29, 0.717) is 17.3 Å². The van der Waals surface area contributed by atoms with Gasteiger partial charge in [-0.3, -0.25) is 9.69 Å². The maximum atomic E-state index is 14.2. The van der Waals surface area contributed by atoms with E-state index in [4.69, 9.17) is 16.3 Å². The lowest BCUT2D eigenvalue weighted by Gasteiger charge is -2.39. The number of para-hydroxylation sites is 2. The van der Waals surface area contributed by atoms with E-state index in [1.807, 2.05) is 90.8 Å². The van der Waals surface area contributed by atoms with E-state index in [1.54, 1.807) is 17.0 Å². The smallest absolute Gasteiger partial charge is 0.322 e. The molecule has 198 valence electrons. The Morgan fingerprint density at radius 1 is 0.974 bits per heavy atom. The molecule has 3 amide bonds. The van der Waals surface area contributed by atoms with Gasteiger partial charge in [-0.05, 0) is 86.0 Å². The Morgan fingerprint density at radius 2 is 1.74 bits per heavy atom. The monoisotopic (exact) mass is 540 g/mol.